The summed E-state index contributed by atoms with van der Waals surface area (Å²) in [4.78, 5) is 32.1. The van der Waals surface area contributed by atoms with Crippen molar-refractivity contribution in [1.82, 2.24) is 0 Å². The Bertz CT molecular complexity index is 1370. The Balaban J connectivity index is 1.39. The van der Waals surface area contributed by atoms with Crippen LogP contribution >= 0.6 is 11.8 Å². The lowest BCUT2D eigenvalue weighted by Crippen LogP contribution is -2.31. The molecule has 0 aromatic heterocycles. The fourth-order valence-electron chi connectivity index (χ4n) is 3.73. The van der Waals surface area contributed by atoms with E-state index in [0.29, 0.717) is 22.4 Å². The average Bonchev–Trinajstić information content (AvgIpc) is 3.42. The maximum absolute atomic E-state index is 13.4. The molecule has 3 aromatic rings. The Labute approximate surface area is 207 Å². The fourth-order valence-corrected chi connectivity index (χ4v) is 4.54. The molecule has 8 heteroatoms. The monoisotopic (exact) mass is 485 g/mol. The number of hydrogen-bond donors (Lipinski definition) is 1. The van der Waals surface area contributed by atoms with Gasteiger partial charge in [0.25, 0.3) is 5.91 Å². The van der Waals surface area contributed by atoms with E-state index in [-0.39, 0.29) is 30.1 Å². The molecule has 35 heavy (non-hydrogen) atoms. The molecule has 2 heterocycles. The molecule has 176 valence electrons. The number of fused-ring (bicyclic) bond motifs is 1. The van der Waals surface area contributed by atoms with Gasteiger partial charge >= 0.3 is 0 Å². The SMILES string of the molecule is Cc1ccc(N2C(=O)/C(=C\c3ccc4c(c3)OCO4)N=C2SCC(=O)Nc2cccc(C)c2)cc1. The second kappa shape index (κ2) is 9.68. The number of amides is 2. The van der Waals surface area contributed by atoms with Gasteiger partial charge in [-0.3, -0.25) is 14.5 Å². The van der Waals surface area contributed by atoms with E-state index in [0.717, 1.165) is 22.4 Å². The highest BCUT2D eigenvalue weighted by atomic mass is 32.2. The van der Waals surface area contributed by atoms with Crippen molar-refractivity contribution >= 4 is 46.2 Å². The highest BCUT2D eigenvalue weighted by Gasteiger charge is 2.32. The van der Waals surface area contributed by atoms with E-state index in [4.69, 9.17) is 9.47 Å². The van der Waals surface area contributed by atoms with E-state index < -0.39 is 0 Å². The molecular weight excluding hydrogens is 462 g/mol. The molecule has 5 rings (SSSR count). The van der Waals surface area contributed by atoms with Crippen LogP contribution in [0.1, 0.15) is 16.7 Å². The lowest BCUT2D eigenvalue weighted by molar-refractivity contribution is -0.114. The molecule has 0 bridgehead atoms. The number of nitrogens with zero attached hydrogens (tertiary/aromatic N) is 2. The topological polar surface area (TPSA) is 80.2 Å². The van der Waals surface area contributed by atoms with Gasteiger partial charge in [-0.05, 0) is 67.4 Å². The van der Waals surface area contributed by atoms with Gasteiger partial charge in [0.1, 0.15) is 5.70 Å². The standard InChI is InChI=1S/C27H23N3O4S/c1-17-6-9-21(10-7-17)30-26(32)22(13-19-8-11-23-24(14-19)34-16-33-23)29-27(30)35-15-25(31)28-20-5-3-4-18(2)12-20/h3-14H,15-16H2,1-2H3,(H,28,31)/b22-13+. The quantitative estimate of drug-likeness (QED) is 0.506. The maximum atomic E-state index is 13.4. The average molecular weight is 486 g/mol. The van der Waals surface area contributed by atoms with Crippen LogP contribution in [0.15, 0.2) is 77.4 Å². The number of benzene rings is 3. The number of hydrogen-bond acceptors (Lipinski definition) is 6. The number of aliphatic imine (C=N–C) groups is 1. The number of carbonyl (C=O) groups excluding carboxylic acids is 2. The van der Waals surface area contributed by atoms with Crippen LogP contribution in [-0.2, 0) is 9.59 Å². The smallest absolute Gasteiger partial charge is 0.283 e. The molecular formula is C27H23N3O4S. The van der Waals surface area contributed by atoms with Crippen LogP contribution in [0.25, 0.3) is 6.08 Å². The number of ether oxygens (including phenoxy) is 2. The zero-order chi connectivity index (χ0) is 24.4. The van der Waals surface area contributed by atoms with Crippen molar-refractivity contribution in [3.8, 4) is 11.5 Å². The number of amidine groups is 1. The molecule has 0 saturated carbocycles. The van der Waals surface area contributed by atoms with Crippen molar-refractivity contribution in [3.63, 3.8) is 0 Å². The van der Waals surface area contributed by atoms with Crippen LogP contribution in [0.3, 0.4) is 0 Å². The van der Waals surface area contributed by atoms with Crippen LogP contribution in [0.5, 0.6) is 11.5 Å². The van der Waals surface area contributed by atoms with Gasteiger partial charge in [-0.1, -0.05) is 47.7 Å². The number of nitrogens with one attached hydrogen (secondary N) is 1. The van der Waals surface area contributed by atoms with Crippen LogP contribution in [-0.4, -0.2) is 29.5 Å². The molecule has 0 saturated heterocycles. The number of anilines is 2. The van der Waals surface area contributed by atoms with E-state index in [1.54, 1.807) is 17.0 Å². The second-order valence-electron chi connectivity index (χ2n) is 8.22. The van der Waals surface area contributed by atoms with E-state index in [9.17, 15) is 9.59 Å². The molecule has 2 aliphatic heterocycles. The number of aryl methyl sites for hydroxylation is 2. The Morgan fingerprint density at radius 2 is 1.83 bits per heavy atom. The van der Waals surface area contributed by atoms with Crippen molar-refractivity contribution in [1.29, 1.82) is 0 Å². The van der Waals surface area contributed by atoms with Crippen molar-refractivity contribution in [2.45, 2.75) is 13.8 Å². The molecule has 1 N–H and O–H groups in total. The first-order valence-corrected chi connectivity index (χ1v) is 12.1. The van der Waals surface area contributed by atoms with Crippen LogP contribution < -0.4 is 19.7 Å². The molecule has 0 atom stereocenters. The van der Waals surface area contributed by atoms with E-state index in [1.165, 1.54) is 11.8 Å². The summed E-state index contributed by atoms with van der Waals surface area (Å²) in [6, 6.07) is 20.7. The lowest BCUT2D eigenvalue weighted by atomic mass is 10.1. The molecule has 0 radical (unpaired) electrons. The summed E-state index contributed by atoms with van der Waals surface area (Å²) in [5.41, 5.74) is 4.63. The molecule has 3 aromatic carbocycles. The summed E-state index contributed by atoms with van der Waals surface area (Å²) in [6.45, 7) is 4.13. The van der Waals surface area contributed by atoms with Crippen molar-refractivity contribution in [3.05, 3.63) is 89.1 Å². The third kappa shape index (κ3) is 5.07. The molecule has 2 amide bonds. The molecule has 7 nitrogen and oxygen atoms in total. The Kier molecular flexibility index (Phi) is 6.29. The summed E-state index contributed by atoms with van der Waals surface area (Å²) < 4.78 is 10.8. The summed E-state index contributed by atoms with van der Waals surface area (Å²) in [5, 5.41) is 3.35. The van der Waals surface area contributed by atoms with Gasteiger partial charge in [-0.2, -0.15) is 0 Å². The molecule has 0 aliphatic carbocycles. The molecule has 0 fully saturated rings. The zero-order valence-electron chi connectivity index (χ0n) is 19.3. The van der Waals surface area contributed by atoms with E-state index >= 15 is 0 Å². The van der Waals surface area contributed by atoms with E-state index in [1.807, 2.05) is 74.5 Å². The minimum atomic E-state index is -0.256. The van der Waals surface area contributed by atoms with Gasteiger partial charge in [0, 0.05) is 5.69 Å². The lowest BCUT2D eigenvalue weighted by Gasteiger charge is -2.18. The third-order valence-corrected chi connectivity index (χ3v) is 6.39. The number of rotatable bonds is 5. The largest absolute Gasteiger partial charge is 0.454 e. The number of thioether (sulfide) groups is 1. The summed E-state index contributed by atoms with van der Waals surface area (Å²) in [5.74, 6) is 0.984. The highest BCUT2D eigenvalue weighted by molar-refractivity contribution is 8.14. The summed E-state index contributed by atoms with van der Waals surface area (Å²) in [7, 11) is 0. The Morgan fingerprint density at radius 3 is 2.63 bits per heavy atom. The van der Waals surface area contributed by atoms with Gasteiger partial charge in [-0.15, -0.1) is 0 Å². The van der Waals surface area contributed by atoms with Gasteiger partial charge in [0.15, 0.2) is 16.7 Å². The predicted octanol–water partition coefficient (Wildman–Crippen LogP) is 5.15. The van der Waals surface area contributed by atoms with Crippen LogP contribution in [0.4, 0.5) is 11.4 Å². The highest BCUT2D eigenvalue weighted by Crippen LogP contribution is 2.34. The predicted molar refractivity (Wildman–Crippen MR) is 139 cm³/mol. The first-order chi connectivity index (χ1) is 17.0. The van der Waals surface area contributed by atoms with Gasteiger partial charge in [0.2, 0.25) is 12.7 Å². The normalized spacial score (nSPS) is 15.5. The molecule has 0 spiro atoms. The maximum Gasteiger partial charge on any atom is 0.283 e. The minimum absolute atomic E-state index is 0.111. The Hall–Kier alpha value is -4.04. The van der Waals surface area contributed by atoms with Crippen LogP contribution in [0.2, 0.25) is 0 Å². The zero-order valence-corrected chi connectivity index (χ0v) is 20.1. The van der Waals surface area contributed by atoms with Gasteiger partial charge in [0.05, 0.1) is 11.4 Å². The first kappa shape index (κ1) is 22.7. The summed E-state index contributed by atoms with van der Waals surface area (Å²) >= 11 is 1.22. The van der Waals surface area contributed by atoms with Gasteiger partial charge in [-0.25, -0.2) is 4.99 Å². The van der Waals surface area contributed by atoms with Crippen LogP contribution in [0, 0.1) is 13.8 Å². The summed E-state index contributed by atoms with van der Waals surface area (Å²) in [6.07, 6.45) is 1.71. The molecule has 0 unspecified atom stereocenters. The second-order valence-corrected chi connectivity index (χ2v) is 9.16. The van der Waals surface area contributed by atoms with Crippen molar-refractivity contribution < 1.29 is 19.1 Å². The van der Waals surface area contributed by atoms with Crippen molar-refractivity contribution in [2.24, 2.45) is 4.99 Å². The minimum Gasteiger partial charge on any atom is -0.454 e. The van der Waals surface area contributed by atoms with E-state index in [2.05, 4.69) is 10.3 Å². The first-order valence-electron chi connectivity index (χ1n) is 11.1. The third-order valence-electron chi connectivity index (χ3n) is 5.46. The number of carbonyl (C=O) groups is 2. The fraction of sp³-hybridized carbons (Fsp3) is 0.148. The van der Waals surface area contributed by atoms with Crippen molar-refractivity contribution in [2.75, 3.05) is 22.8 Å². The molecule has 2 aliphatic rings. The Morgan fingerprint density at radius 1 is 1.03 bits per heavy atom. The van der Waals surface area contributed by atoms with Gasteiger partial charge < -0.3 is 14.8 Å².